The third kappa shape index (κ3) is 0.561. The SMILES string of the molecule is CC[C@@H]1[C@@H]2Cc3cn[nH]c3[C@H]12. The van der Waals surface area contributed by atoms with Crippen LogP contribution in [-0.4, -0.2) is 10.2 Å². The van der Waals surface area contributed by atoms with Crippen molar-refractivity contribution in [1.29, 1.82) is 0 Å². The first-order valence-corrected chi connectivity index (χ1v) is 4.44. The second-order valence-electron chi connectivity index (χ2n) is 3.77. The largest absolute Gasteiger partial charge is 0.282 e. The van der Waals surface area contributed by atoms with Crippen LogP contribution in [0.25, 0.3) is 0 Å². The summed E-state index contributed by atoms with van der Waals surface area (Å²) in [6.07, 6.45) is 4.62. The van der Waals surface area contributed by atoms with Crippen LogP contribution in [0.4, 0.5) is 0 Å². The van der Waals surface area contributed by atoms with Crippen molar-refractivity contribution in [2.45, 2.75) is 25.7 Å². The van der Waals surface area contributed by atoms with E-state index in [9.17, 15) is 0 Å². The molecular weight excluding hydrogens is 136 g/mol. The molecule has 1 aromatic rings. The van der Waals surface area contributed by atoms with Gasteiger partial charge in [0.2, 0.25) is 0 Å². The smallest absolute Gasteiger partial charge is 0.0522 e. The zero-order valence-electron chi connectivity index (χ0n) is 6.67. The maximum absolute atomic E-state index is 4.06. The molecule has 1 aromatic heterocycles. The summed E-state index contributed by atoms with van der Waals surface area (Å²) in [5.41, 5.74) is 2.92. The Labute approximate surface area is 66.0 Å². The summed E-state index contributed by atoms with van der Waals surface area (Å²) in [6.45, 7) is 2.29. The number of aromatic nitrogens is 2. The third-order valence-corrected chi connectivity index (χ3v) is 3.34. The van der Waals surface area contributed by atoms with Crippen molar-refractivity contribution in [1.82, 2.24) is 10.2 Å². The maximum atomic E-state index is 4.06. The van der Waals surface area contributed by atoms with E-state index in [0.717, 1.165) is 17.8 Å². The lowest BCUT2D eigenvalue weighted by molar-refractivity contribution is 0.669. The molecule has 1 saturated carbocycles. The van der Waals surface area contributed by atoms with Crippen molar-refractivity contribution in [3.8, 4) is 0 Å². The Kier molecular flexibility index (Phi) is 0.888. The van der Waals surface area contributed by atoms with Crippen molar-refractivity contribution in [3.05, 3.63) is 17.5 Å². The van der Waals surface area contributed by atoms with Gasteiger partial charge in [-0.05, 0) is 23.8 Å². The number of fused-ring (bicyclic) bond motifs is 3. The molecule has 3 atom stereocenters. The summed E-state index contributed by atoms with van der Waals surface area (Å²) in [5.74, 6) is 2.81. The van der Waals surface area contributed by atoms with Gasteiger partial charge in [-0.1, -0.05) is 13.3 Å². The van der Waals surface area contributed by atoms with E-state index in [-0.39, 0.29) is 0 Å². The van der Waals surface area contributed by atoms with Gasteiger partial charge in [0.15, 0.2) is 0 Å². The molecule has 0 aliphatic heterocycles. The zero-order chi connectivity index (χ0) is 7.42. The first-order valence-electron chi connectivity index (χ1n) is 4.44. The average molecular weight is 148 g/mol. The van der Waals surface area contributed by atoms with Gasteiger partial charge in [0, 0.05) is 11.6 Å². The number of hydrogen-bond donors (Lipinski definition) is 1. The molecule has 1 heterocycles. The van der Waals surface area contributed by atoms with Gasteiger partial charge in [0.25, 0.3) is 0 Å². The molecule has 3 rings (SSSR count). The molecule has 58 valence electrons. The standard InChI is InChI=1S/C9H12N2/c1-2-6-7-3-5-4-10-11-9(5)8(6)7/h4,6-8H,2-3H2,1H3,(H,10,11)/t6-,7+,8-/m1/s1. The van der Waals surface area contributed by atoms with E-state index in [4.69, 9.17) is 0 Å². The Bertz CT molecular complexity index is 290. The highest BCUT2D eigenvalue weighted by atomic mass is 15.1. The predicted molar refractivity (Wildman–Crippen MR) is 42.3 cm³/mol. The van der Waals surface area contributed by atoms with Gasteiger partial charge < -0.3 is 0 Å². The Hall–Kier alpha value is -0.790. The highest BCUT2D eigenvalue weighted by molar-refractivity contribution is 5.36. The van der Waals surface area contributed by atoms with Gasteiger partial charge in [0.1, 0.15) is 0 Å². The van der Waals surface area contributed by atoms with Crippen LogP contribution in [0.3, 0.4) is 0 Å². The van der Waals surface area contributed by atoms with Crippen molar-refractivity contribution < 1.29 is 0 Å². The molecule has 2 aliphatic carbocycles. The van der Waals surface area contributed by atoms with Crippen molar-refractivity contribution in [2.24, 2.45) is 11.8 Å². The van der Waals surface area contributed by atoms with Crippen molar-refractivity contribution in [3.63, 3.8) is 0 Å². The Morgan fingerprint density at radius 1 is 1.73 bits per heavy atom. The second-order valence-corrected chi connectivity index (χ2v) is 3.77. The van der Waals surface area contributed by atoms with Crippen LogP contribution in [0, 0.1) is 11.8 Å². The fraction of sp³-hybridized carbons (Fsp3) is 0.667. The summed E-state index contributed by atoms with van der Waals surface area (Å²) in [4.78, 5) is 0. The third-order valence-electron chi connectivity index (χ3n) is 3.34. The van der Waals surface area contributed by atoms with E-state index < -0.39 is 0 Å². The minimum Gasteiger partial charge on any atom is -0.282 e. The van der Waals surface area contributed by atoms with E-state index in [1.54, 1.807) is 0 Å². The highest BCUT2D eigenvalue weighted by Crippen LogP contribution is 2.61. The lowest BCUT2D eigenvalue weighted by atomic mass is 10.1. The van der Waals surface area contributed by atoms with Gasteiger partial charge in [-0.2, -0.15) is 5.10 Å². The van der Waals surface area contributed by atoms with Crippen LogP contribution in [0.5, 0.6) is 0 Å². The zero-order valence-corrected chi connectivity index (χ0v) is 6.67. The number of hydrogen-bond acceptors (Lipinski definition) is 1. The average Bonchev–Trinajstić information content (AvgIpc) is 2.45. The first kappa shape index (κ1) is 5.81. The van der Waals surface area contributed by atoms with Crippen LogP contribution in [0.1, 0.15) is 30.5 Å². The molecule has 0 unspecified atom stereocenters. The summed E-state index contributed by atoms with van der Waals surface area (Å²) < 4.78 is 0. The number of rotatable bonds is 1. The number of nitrogens with one attached hydrogen (secondary N) is 1. The molecule has 2 heteroatoms. The quantitative estimate of drug-likeness (QED) is 0.645. The molecular formula is C9H12N2. The first-order chi connectivity index (χ1) is 5.42. The number of H-pyrrole nitrogens is 1. The molecule has 0 spiro atoms. The molecule has 2 aliphatic rings. The van der Waals surface area contributed by atoms with Gasteiger partial charge in [-0.3, -0.25) is 5.10 Å². The normalized spacial score (nSPS) is 38.5. The molecule has 0 radical (unpaired) electrons. The van der Waals surface area contributed by atoms with Gasteiger partial charge in [-0.15, -0.1) is 0 Å². The molecule has 0 bridgehead atoms. The van der Waals surface area contributed by atoms with Crippen molar-refractivity contribution in [2.75, 3.05) is 0 Å². The van der Waals surface area contributed by atoms with E-state index in [0.29, 0.717) is 0 Å². The molecule has 2 nitrogen and oxygen atoms in total. The summed E-state index contributed by atoms with van der Waals surface area (Å²) in [7, 11) is 0. The van der Waals surface area contributed by atoms with Crippen LogP contribution >= 0.6 is 0 Å². The van der Waals surface area contributed by atoms with Crippen LogP contribution in [0.2, 0.25) is 0 Å². The monoisotopic (exact) mass is 148 g/mol. The summed E-state index contributed by atoms with van der Waals surface area (Å²) >= 11 is 0. The predicted octanol–water partition coefficient (Wildman–Crippen LogP) is 1.71. The molecule has 11 heavy (non-hydrogen) atoms. The summed E-state index contributed by atoms with van der Waals surface area (Å²) in [6, 6.07) is 0. The minimum absolute atomic E-state index is 0.859. The van der Waals surface area contributed by atoms with E-state index >= 15 is 0 Å². The maximum Gasteiger partial charge on any atom is 0.0522 e. The van der Waals surface area contributed by atoms with E-state index in [1.165, 1.54) is 24.1 Å². The van der Waals surface area contributed by atoms with Gasteiger partial charge in [-0.25, -0.2) is 0 Å². The van der Waals surface area contributed by atoms with E-state index in [2.05, 4.69) is 17.1 Å². The number of nitrogens with zero attached hydrogens (tertiary/aromatic N) is 1. The number of aromatic amines is 1. The molecule has 0 aromatic carbocycles. The molecule has 1 N–H and O–H groups in total. The summed E-state index contributed by atoms with van der Waals surface area (Å²) in [5, 5.41) is 7.19. The minimum atomic E-state index is 0.859. The lowest BCUT2D eigenvalue weighted by Gasteiger charge is -1.97. The second kappa shape index (κ2) is 1.68. The molecule has 0 amide bonds. The van der Waals surface area contributed by atoms with Crippen LogP contribution in [0.15, 0.2) is 6.20 Å². The fourth-order valence-electron chi connectivity index (χ4n) is 2.73. The van der Waals surface area contributed by atoms with Gasteiger partial charge >= 0.3 is 0 Å². The van der Waals surface area contributed by atoms with Crippen LogP contribution in [-0.2, 0) is 6.42 Å². The van der Waals surface area contributed by atoms with Crippen LogP contribution < -0.4 is 0 Å². The topological polar surface area (TPSA) is 28.7 Å². The van der Waals surface area contributed by atoms with Crippen molar-refractivity contribution >= 4 is 0 Å². The Balaban J connectivity index is 1.99. The Morgan fingerprint density at radius 2 is 2.64 bits per heavy atom. The Morgan fingerprint density at radius 3 is 3.45 bits per heavy atom. The van der Waals surface area contributed by atoms with E-state index in [1.807, 2.05) is 6.20 Å². The molecule has 0 saturated heterocycles. The highest BCUT2D eigenvalue weighted by Gasteiger charge is 2.55. The molecule has 1 fully saturated rings. The fourth-order valence-corrected chi connectivity index (χ4v) is 2.73. The lowest BCUT2D eigenvalue weighted by Crippen LogP contribution is -1.89. The van der Waals surface area contributed by atoms with Gasteiger partial charge in [0.05, 0.1) is 6.20 Å².